The van der Waals surface area contributed by atoms with Gasteiger partial charge in [0.2, 0.25) is 0 Å². The second-order valence-electron chi connectivity index (χ2n) is 4.50. The number of rotatable bonds is 5. The first-order chi connectivity index (χ1) is 7.85. The predicted molar refractivity (Wildman–Crippen MR) is 65.3 cm³/mol. The van der Waals surface area contributed by atoms with Crippen molar-refractivity contribution < 1.29 is 0 Å². The van der Waals surface area contributed by atoms with E-state index in [-0.39, 0.29) is 0 Å². The zero-order valence-corrected chi connectivity index (χ0v) is 10.3. The lowest BCUT2D eigenvalue weighted by atomic mass is 10.2. The number of imidazole rings is 1. The van der Waals surface area contributed by atoms with Gasteiger partial charge in [-0.2, -0.15) is 0 Å². The predicted octanol–water partition coefficient (Wildman–Crippen LogP) is 1.09. The Labute approximate surface area is 97.7 Å². The van der Waals surface area contributed by atoms with Crippen LogP contribution in [0.15, 0.2) is 12.5 Å². The van der Waals surface area contributed by atoms with Crippen LogP contribution in [0.3, 0.4) is 0 Å². The Balaban J connectivity index is 1.98. The van der Waals surface area contributed by atoms with Gasteiger partial charge in [-0.1, -0.05) is 0 Å². The lowest BCUT2D eigenvalue weighted by molar-refractivity contribution is 0.236. The molecule has 2 rings (SSSR count). The first kappa shape index (κ1) is 11.6. The molecule has 1 atom stereocenters. The molecule has 0 spiro atoms. The van der Waals surface area contributed by atoms with Crippen LogP contribution in [0.1, 0.15) is 25.5 Å². The highest BCUT2D eigenvalue weighted by Crippen LogP contribution is 2.19. The molecular formula is C12H22N4. The van der Waals surface area contributed by atoms with Crippen molar-refractivity contribution >= 4 is 0 Å². The summed E-state index contributed by atoms with van der Waals surface area (Å²) in [4.78, 5) is 6.80. The SMILES string of the molecule is CCn1cncc1CN1CCCC1CNC. The Bertz CT molecular complexity index is 321. The fourth-order valence-corrected chi connectivity index (χ4v) is 2.54. The Hall–Kier alpha value is -0.870. The normalized spacial score (nSPS) is 21.8. The maximum absolute atomic E-state index is 4.23. The van der Waals surface area contributed by atoms with E-state index in [2.05, 4.69) is 26.7 Å². The van der Waals surface area contributed by atoms with E-state index >= 15 is 0 Å². The highest BCUT2D eigenvalue weighted by Gasteiger charge is 2.24. The van der Waals surface area contributed by atoms with Crippen molar-refractivity contribution in [2.24, 2.45) is 0 Å². The molecule has 2 heterocycles. The average Bonchev–Trinajstić information content (AvgIpc) is 2.89. The lowest BCUT2D eigenvalue weighted by Gasteiger charge is -2.24. The van der Waals surface area contributed by atoms with Gasteiger partial charge in [0.15, 0.2) is 0 Å². The van der Waals surface area contributed by atoms with Crippen LogP contribution in [0.2, 0.25) is 0 Å². The number of aromatic nitrogens is 2. The third kappa shape index (κ3) is 2.44. The number of aryl methyl sites for hydroxylation is 1. The van der Waals surface area contributed by atoms with Crippen LogP contribution < -0.4 is 5.32 Å². The van der Waals surface area contributed by atoms with Gasteiger partial charge in [-0.3, -0.25) is 4.90 Å². The van der Waals surface area contributed by atoms with E-state index in [0.717, 1.165) is 19.6 Å². The van der Waals surface area contributed by atoms with Gasteiger partial charge in [-0.25, -0.2) is 4.98 Å². The van der Waals surface area contributed by atoms with Gasteiger partial charge in [0.25, 0.3) is 0 Å². The fourth-order valence-electron chi connectivity index (χ4n) is 2.54. The molecule has 1 N–H and O–H groups in total. The molecule has 0 bridgehead atoms. The van der Waals surface area contributed by atoms with E-state index in [1.807, 2.05) is 19.6 Å². The molecule has 0 amide bonds. The Morgan fingerprint density at radius 1 is 1.56 bits per heavy atom. The highest BCUT2D eigenvalue weighted by atomic mass is 15.2. The summed E-state index contributed by atoms with van der Waals surface area (Å²) in [6.45, 7) is 6.54. The van der Waals surface area contributed by atoms with Crippen molar-refractivity contribution in [3.8, 4) is 0 Å². The summed E-state index contributed by atoms with van der Waals surface area (Å²) >= 11 is 0. The smallest absolute Gasteiger partial charge is 0.0948 e. The first-order valence-electron chi connectivity index (χ1n) is 6.22. The van der Waals surface area contributed by atoms with Crippen molar-refractivity contribution in [2.75, 3.05) is 20.1 Å². The fraction of sp³-hybridized carbons (Fsp3) is 0.750. The number of likely N-dealkylation sites (tertiary alicyclic amines) is 1. The quantitative estimate of drug-likeness (QED) is 0.809. The molecule has 1 fully saturated rings. The van der Waals surface area contributed by atoms with E-state index in [0.29, 0.717) is 6.04 Å². The number of hydrogen-bond donors (Lipinski definition) is 1. The van der Waals surface area contributed by atoms with Crippen molar-refractivity contribution in [3.05, 3.63) is 18.2 Å². The topological polar surface area (TPSA) is 33.1 Å². The van der Waals surface area contributed by atoms with Gasteiger partial charge in [-0.05, 0) is 33.4 Å². The average molecular weight is 222 g/mol. The molecule has 0 radical (unpaired) electrons. The number of likely N-dealkylation sites (N-methyl/N-ethyl adjacent to an activating group) is 1. The standard InChI is InChI=1S/C12H22N4/c1-3-15-10-14-8-12(15)9-16-6-4-5-11(16)7-13-2/h8,10-11,13H,3-7,9H2,1-2H3. The van der Waals surface area contributed by atoms with Crippen molar-refractivity contribution in [2.45, 2.75) is 38.9 Å². The molecule has 1 unspecified atom stereocenters. The third-order valence-corrected chi connectivity index (χ3v) is 3.44. The van der Waals surface area contributed by atoms with E-state index < -0.39 is 0 Å². The molecule has 16 heavy (non-hydrogen) atoms. The molecule has 4 heteroatoms. The summed E-state index contributed by atoms with van der Waals surface area (Å²) in [6, 6.07) is 0.699. The summed E-state index contributed by atoms with van der Waals surface area (Å²) < 4.78 is 2.23. The van der Waals surface area contributed by atoms with Gasteiger partial charge >= 0.3 is 0 Å². The van der Waals surface area contributed by atoms with Crippen molar-refractivity contribution in [1.29, 1.82) is 0 Å². The molecule has 1 aliphatic rings. The number of nitrogens with one attached hydrogen (secondary N) is 1. The van der Waals surface area contributed by atoms with Crippen LogP contribution in [-0.4, -0.2) is 40.6 Å². The molecular weight excluding hydrogens is 200 g/mol. The Morgan fingerprint density at radius 2 is 2.44 bits per heavy atom. The summed E-state index contributed by atoms with van der Waals surface area (Å²) in [7, 11) is 2.03. The third-order valence-electron chi connectivity index (χ3n) is 3.44. The zero-order chi connectivity index (χ0) is 11.4. The minimum absolute atomic E-state index is 0.699. The minimum atomic E-state index is 0.699. The molecule has 90 valence electrons. The van der Waals surface area contributed by atoms with Crippen LogP contribution >= 0.6 is 0 Å². The van der Waals surface area contributed by atoms with Gasteiger partial charge < -0.3 is 9.88 Å². The maximum Gasteiger partial charge on any atom is 0.0948 e. The summed E-state index contributed by atoms with van der Waals surface area (Å²) in [5.41, 5.74) is 1.34. The molecule has 1 aromatic heterocycles. The van der Waals surface area contributed by atoms with Crippen LogP contribution in [-0.2, 0) is 13.1 Å². The lowest BCUT2D eigenvalue weighted by Crippen LogP contribution is -2.36. The molecule has 1 aromatic rings. The maximum atomic E-state index is 4.23. The van der Waals surface area contributed by atoms with E-state index in [1.165, 1.54) is 25.1 Å². The number of nitrogens with zero attached hydrogens (tertiary/aromatic N) is 3. The van der Waals surface area contributed by atoms with E-state index in [4.69, 9.17) is 0 Å². The Morgan fingerprint density at radius 3 is 3.19 bits per heavy atom. The van der Waals surface area contributed by atoms with Crippen LogP contribution in [0.25, 0.3) is 0 Å². The van der Waals surface area contributed by atoms with Crippen LogP contribution in [0.5, 0.6) is 0 Å². The molecule has 1 saturated heterocycles. The van der Waals surface area contributed by atoms with E-state index in [1.54, 1.807) is 0 Å². The molecule has 1 aliphatic heterocycles. The monoisotopic (exact) mass is 222 g/mol. The van der Waals surface area contributed by atoms with Crippen molar-refractivity contribution in [3.63, 3.8) is 0 Å². The molecule has 0 aliphatic carbocycles. The van der Waals surface area contributed by atoms with Gasteiger partial charge in [0.1, 0.15) is 0 Å². The van der Waals surface area contributed by atoms with Gasteiger partial charge in [-0.15, -0.1) is 0 Å². The highest BCUT2D eigenvalue weighted by molar-refractivity contribution is 4.99. The van der Waals surface area contributed by atoms with E-state index in [9.17, 15) is 0 Å². The molecule has 0 aromatic carbocycles. The number of hydrogen-bond acceptors (Lipinski definition) is 3. The zero-order valence-electron chi connectivity index (χ0n) is 10.3. The largest absolute Gasteiger partial charge is 0.334 e. The minimum Gasteiger partial charge on any atom is -0.334 e. The van der Waals surface area contributed by atoms with Crippen molar-refractivity contribution in [1.82, 2.24) is 19.8 Å². The summed E-state index contributed by atoms with van der Waals surface area (Å²) in [6.07, 6.45) is 6.57. The van der Waals surface area contributed by atoms with Crippen LogP contribution in [0.4, 0.5) is 0 Å². The summed E-state index contributed by atoms with van der Waals surface area (Å²) in [5, 5.41) is 3.28. The first-order valence-corrected chi connectivity index (χ1v) is 6.22. The molecule has 4 nitrogen and oxygen atoms in total. The van der Waals surface area contributed by atoms with Gasteiger partial charge in [0.05, 0.1) is 12.0 Å². The molecule has 0 saturated carbocycles. The van der Waals surface area contributed by atoms with Gasteiger partial charge in [0, 0.05) is 31.9 Å². The second-order valence-corrected chi connectivity index (χ2v) is 4.50. The van der Waals surface area contributed by atoms with Crippen LogP contribution in [0, 0.1) is 0 Å². The summed E-state index contributed by atoms with van der Waals surface area (Å²) in [5.74, 6) is 0. The Kier molecular flexibility index (Phi) is 3.96. The second kappa shape index (κ2) is 5.46.